The SMILES string of the molecule is CCOC(=O)C(=N\OC(C)(C)C)/C(C)=C/c1csc(N)n1. The zero-order valence-electron chi connectivity index (χ0n) is 13.0. The van der Waals surface area contributed by atoms with Crippen molar-refractivity contribution in [2.24, 2.45) is 5.16 Å². The summed E-state index contributed by atoms with van der Waals surface area (Å²) in [5.41, 5.74) is 6.48. The van der Waals surface area contributed by atoms with Crippen LogP contribution in [-0.4, -0.2) is 28.9 Å². The fourth-order valence-electron chi connectivity index (χ4n) is 1.31. The number of nitrogens with zero attached hydrogens (tertiary/aromatic N) is 2. The minimum absolute atomic E-state index is 0.123. The molecule has 0 atom stereocenters. The zero-order chi connectivity index (χ0) is 16.0. The van der Waals surface area contributed by atoms with Crippen molar-refractivity contribution in [2.45, 2.75) is 40.2 Å². The summed E-state index contributed by atoms with van der Waals surface area (Å²) in [7, 11) is 0. The average molecular weight is 311 g/mol. The van der Waals surface area contributed by atoms with Crippen LogP contribution in [-0.2, 0) is 14.4 Å². The van der Waals surface area contributed by atoms with E-state index in [1.807, 2.05) is 20.8 Å². The molecule has 0 aliphatic heterocycles. The van der Waals surface area contributed by atoms with E-state index < -0.39 is 11.6 Å². The van der Waals surface area contributed by atoms with E-state index in [2.05, 4.69) is 10.1 Å². The van der Waals surface area contributed by atoms with Crippen molar-refractivity contribution in [1.29, 1.82) is 0 Å². The van der Waals surface area contributed by atoms with Crippen molar-refractivity contribution in [1.82, 2.24) is 4.98 Å². The molecule has 7 heteroatoms. The summed E-state index contributed by atoms with van der Waals surface area (Å²) < 4.78 is 5.00. The quantitative estimate of drug-likeness (QED) is 0.513. The van der Waals surface area contributed by atoms with Crippen LogP contribution in [0.3, 0.4) is 0 Å². The number of hydrogen-bond donors (Lipinski definition) is 1. The summed E-state index contributed by atoms with van der Waals surface area (Å²) in [5.74, 6) is -0.529. The molecule has 116 valence electrons. The molecule has 1 heterocycles. The minimum atomic E-state index is -0.529. The Balaban J connectivity index is 3.05. The van der Waals surface area contributed by atoms with Crippen LogP contribution < -0.4 is 5.73 Å². The first-order valence-corrected chi connectivity index (χ1v) is 7.44. The van der Waals surface area contributed by atoms with Crippen molar-refractivity contribution >= 4 is 34.2 Å². The highest BCUT2D eigenvalue weighted by Crippen LogP contribution is 2.16. The lowest BCUT2D eigenvalue weighted by molar-refractivity contribution is -0.135. The lowest BCUT2D eigenvalue weighted by Gasteiger charge is -2.16. The van der Waals surface area contributed by atoms with E-state index >= 15 is 0 Å². The molecule has 21 heavy (non-hydrogen) atoms. The monoisotopic (exact) mass is 311 g/mol. The molecule has 0 unspecified atom stereocenters. The fourth-order valence-corrected chi connectivity index (χ4v) is 1.83. The van der Waals surface area contributed by atoms with Crippen LogP contribution in [0.25, 0.3) is 6.08 Å². The van der Waals surface area contributed by atoms with Crippen LogP contribution in [0, 0.1) is 0 Å². The standard InChI is InChI=1S/C14H21N3O3S/c1-6-19-12(18)11(17-20-14(3,4)5)9(2)7-10-8-21-13(15)16-10/h7-8H,6H2,1-5H3,(H2,15,16)/b9-7+,17-11-. The molecule has 0 saturated carbocycles. The minimum Gasteiger partial charge on any atom is -0.461 e. The second-order valence-corrected chi connectivity index (χ2v) is 6.19. The van der Waals surface area contributed by atoms with Gasteiger partial charge in [0.25, 0.3) is 0 Å². The summed E-state index contributed by atoms with van der Waals surface area (Å²) in [4.78, 5) is 21.4. The summed E-state index contributed by atoms with van der Waals surface area (Å²) in [6.45, 7) is 9.29. The van der Waals surface area contributed by atoms with Crippen LogP contribution >= 0.6 is 11.3 Å². The van der Waals surface area contributed by atoms with E-state index in [4.69, 9.17) is 15.3 Å². The number of aromatic nitrogens is 1. The molecule has 0 aliphatic rings. The van der Waals surface area contributed by atoms with Gasteiger partial charge >= 0.3 is 5.97 Å². The molecule has 0 amide bonds. The number of carbonyl (C=O) groups excluding carboxylic acids is 1. The Bertz CT molecular complexity index is 556. The summed E-state index contributed by atoms with van der Waals surface area (Å²) in [5, 5.41) is 6.20. The first-order chi connectivity index (χ1) is 9.73. The zero-order valence-corrected chi connectivity index (χ0v) is 13.8. The molecule has 6 nitrogen and oxygen atoms in total. The number of oxime groups is 1. The van der Waals surface area contributed by atoms with E-state index in [9.17, 15) is 4.79 Å². The number of esters is 1. The summed E-state index contributed by atoms with van der Waals surface area (Å²) in [6.07, 6.45) is 1.72. The molecule has 0 radical (unpaired) electrons. The van der Waals surface area contributed by atoms with Crippen molar-refractivity contribution in [3.05, 3.63) is 16.6 Å². The smallest absolute Gasteiger partial charge is 0.360 e. The molecule has 0 spiro atoms. The Morgan fingerprint density at radius 2 is 2.19 bits per heavy atom. The Kier molecular flexibility index (Phi) is 5.90. The molecular formula is C14H21N3O3S. The van der Waals surface area contributed by atoms with Crippen molar-refractivity contribution in [3.8, 4) is 0 Å². The van der Waals surface area contributed by atoms with Crippen molar-refractivity contribution in [2.75, 3.05) is 12.3 Å². The maximum atomic E-state index is 12.0. The highest BCUT2D eigenvalue weighted by atomic mass is 32.1. The topological polar surface area (TPSA) is 86.8 Å². The third kappa shape index (κ3) is 5.95. The van der Waals surface area contributed by atoms with Gasteiger partial charge in [0.1, 0.15) is 5.60 Å². The number of ether oxygens (including phenoxy) is 1. The second kappa shape index (κ2) is 7.21. The largest absolute Gasteiger partial charge is 0.461 e. The molecule has 0 saturated heterocycles. The lowest BCUT2D eigenvalue weighted by atomic mass is 10.1. The Hall–Kier alpha value is -1.89. The second-order valence-electron chi connectivity index (χ2n) is 5.30. The van der Waals surface area contributed by atoms with Gasteiger partial charge in [-0.15, -0.1) is 11.3 Å². The van der Waals surface area contributed by atoms with Crippen LogP contribution in [0.4, 0.5) is 5.13 Å². The Morgan fingerprint density at radius 1 is 1.52 bits per heavy atom. The van der Waals surface area contributed by atoms with E-state index in [0.717, 1.165) is 0 Å². The number of nitrogen functional groups attached to an aromatic ring is 1. The van der Waals surface area contributed by atoms with Gasteiger partial charge in [-0.2, -0.15) is 0 Å². The number of anilines is 1. The van der Waals surface area contributed by atoms with Gasteiger partial charge in [-0.1, -0.05) is 5.16 Å². The van der Waals surface area contributed by atoms with E-state index in [0.29, 0.717) is 16.4 Å². The van der Waals surface area contributed by atoms with Crippen LogP contribution in [0.2, 0.25) is 0 Å². The third-order valence-corrected chi connectivity index (χ3v) is 2.85. The molecule has 1 aromatic rings. The van der Waals surface area contributed by atoms with Crippen LogP contribution in [0.15, 0.2) is 16.1 Å². The van der Waals surface area contributed by atoms with Gasteiger partial charge in [0, 0.05) is 5.38 Å². The van der Waals surface area contributed by atoms with Crippen LogP contribution in [0.1, 0.15) is 40.3 Å². The Morgan fingerprint density at radius 3 is 2.67 bits per heavy atom. The van der Waals surface area contributed by atoms with Crippen molar-refractivity contribution in [3.63, 3.8) is 0 Å². The van der Waals surface area contributed by atoms with E-state index in [1.165, 1.54) is 11.3 Å². The molecule has 0 fully saturated rings. The van der Waals surface area contributed by atoms with Gasteiger partial charge in [0.05, 0.1) is 12.3 Å². The number of hydrogen-bond acceptors (Lipinski definition) is 7. The van der Waals surface area contributed by atoms with Crippen molar-refractivity contribution < 1.29 is 14.4 Å². The summed E-state index contributed by atoms with van der Waals surface area (Å²) >= 11 is 1.33. The first kappa shape index (κ1) is 17.2. The fraction of sp³-hybridized carbons (Fsp3) is 0.500. The van der Waals surface area contributed by atoms with Gasteiger partial charge in [-0.25, -0.2) is 9.78 Å². The van der Waals surface area contributed by atoms with Gasteiger partial charge in [-0.3, -0.25) is 0 Å². The van der Waals surface area contributed by atoms with Gasteiger partial charge in [0.15, 0.2) is 10.8 Å². The first-order valence-electron chi connectivity index (χ1n) is 6.56. The molecule has 0 bridgehead atoms. The molecule has 0 aliphatic carbocycles. The number of thiazole rings is 1. The highest BCUT2D eigenvalue weighted by molar-refractivity contribution is 7.13. The summed E-state index contributed by atoms with van der Waals surface area (Å²) in [6, 6.07) is 0. The number of nitrogens with two attached hydrogens (primary N) is 1. The molecule has 0 aromatic carbocycles. The number of rotatable bonds is 5. The van der Waals surface area contributed by atoms with E-state index in [-0.39, 0.29) is 12.3 Å². The maximum absolute atomic E-state index is 12.0. The molecule has 1 aromatic heterocycles. The predicted molar refractivity (Wildman–Crippen MR) is 85.1 cm³/mol. The van der Waals surface area contributed by atoms with Gasteiger partial charge < -0.3 is 15.3 Å². The Labute approximate surface area is 128 Å². The highest BCUT2D eigenvalue weighted by Gasteiger charge is 2.19. The number of carbonyl (C=O) groups is 1. The molecule has 2 N–H and O–H groups in total. The average Bonchev–Trinajstić information content (AvgIpc) is 2.73. The predicted octanol–water partition coefficient (Wildman–Crippen LogP) is 2.86. The molecular weight excluding hydrogens is 290 g/mol. The molecule has 1 rings (SSSR count). The third-order valence-electron chi connectivity index (χ3n) is 2.16. The lowest BCUT2D eigenvalue weighted by Crippen LogP contribution is -2.23. The van der Waals surface area contributed by atoms with E-state index in [1.54, 1.807) is 25.3 Å². The van der Waals surface area contributed by atoms with Gasteiger partial charge in [-0.05, 0) is 46.3 Å². The normalized spacial score (nSPS) is 13.2. The maximum Gasteiger partial charge on any atom is 0.360 e. The van der Waals surface area contributed by atoms with Gasteiger partial charge in [0.2, 0.25) is 0 Å². The van der Waals surface area contributed by atoms with Crippen LogP contribution in [0.5, 0.6) is 0 Å².